The van der Waals surface area contributed by atoms with Crippen molar-refractivity contribution in [1.82, 2.24) is 19.7 Å². The Bertz CT molecular complexity index is 1170. The predicted octanol–water partition coefficient (Wildman–Crippen LogP) is 3.90. The molecule has 2 N–H and O–H groups in total. The first-order valence-corrected chi connectivity index (χ1v) is 12.2. The molecule has 2 fully saturated rings. The molecule has 34 heavy (non-hydrogen) atoms. The molecule has 1 aliphatic carbocycles. The van der Waals surface area contributed by atoms with Gasteiger partial charge in [-0.05, 0) is 57.1 Å². The Morgan fingerprint density at radius 3 is 2.82 bits per heavy atom. The number of rotatable bonds is 9. The normalized spacial score (nSPS) is 18.2. The van der Waals surface area contributed by atoms with Gasteiger partial charge in [0.15, 0.2) is 6.29 Å². The minimum atomic E-state index is -0.0535. The molecule has 5 rings (SSSR count). The molecular weight excluding hydrogens is 432 g/mol. The van der Waals surface area contributed by atoms with E-state index < -0.39 is 0 Å². The van der Waals surface area contributed by atoms with Gasteiger partial charge < -0.3 is 20.1 Å². The number of anilines is 2. The van der Waals surface area contributed by atoms with Gasteiger partial charge in [0.05, 0.1) is 12.3 Å². The minimum Gasteiger partial charge on any atom is -0.373 e. The van der Waals surface area contributed by atoms with Gasteiger partial charge in [-0.1, -0.05) is 0 Å². The second kappa shape index (κ2) is 10.1. The fourth-order valence-corrected chi connectivity index (χ4v) is 4.36. The lowest BCUT2D eigenvalue weighted by atomic mass is 10.1. The van der Waals surface area contributed by atoms with Crippen LogP contribution in [0.25, 0.3) is 22.0 Å². The molecule has 1 amide bonds. The van der Waals surface area contributed by atoms with Crippen LogP contribution in [0.3, 0.4) is 0 Å². The first-order valence-electron chi connectivity index (χ1n) is 12.2. The van der Waals surface area contributed by atoms with Gasteiger partial charge in [0.1, 0.15) is 11.6 Å². The van der Waals surface area contributed by atoms with Crippen LogP contribution in [0.1, 0.15) is 44.2 Å². The summed E-state index contributed by atoms with van der Waals surface area (Å²) in [5.41, 5.74) is 2.89. The molecule has 9 nitrogen and oxygen atoms in total. The molecular formula is C25H32N6O3. The number of aromatic nitrogens is 4. The van der Waals surface area contributed by atoms with E-state index in [0.29, 0.717) is 12.4 Å². The maximum atomic E-state index is 12.3. The van der Waals surface area contributed by atoms with Crippen LogP contribution in [0.2, 0.25) is 0 Å². The van der Waals surface area contributed by atoms with Crippen molar-refractivity contribution in [3.8, 4) is 11.3 Å². The lowest BCUT2D eigenvalue weighted by molar-refractivity contribution is -0.162. The molecule has 1 atom stereocenters. The second-order valence-electron chi connectivity index (χ2n) is 9.06. The minimum absolute atomic E-state index is 0.0391. The Morgan fingerprint density at radius 1 is 1.18 bits per heavy atom. The SMILES string of the molecule is CNc1ncc(-c2cc(CCCOC3CCCCO3)n(C)n2)c2cc(NC(=O)C3CC3)ncc12. The molecule has 1 saturated heterocycles. The Morgan fingerprint density at radius 2 is 2.06 bits per heavy atom. The van der Waals surface area contributed by atoms with E-state index in [4.69, 9.17) is 14.6 Å². The highest BCUT2D eigenvalue weighted by molar-refractivity contribution is 6.03. The molecule has 1 saturated carbocycles. The van der Waals surface area contributed by atoms with Crippen LogP contribution in [0.4, 0.5) is 11.6 Å². The average Bonchev–Trinajstić information content (AvgIpc) is 3.65. The molecule has 1 aliphatic heterocycles. The molecule has 0 bridgehead atoms. The second-order valence-corrected chi connectivity index (χ2v) is 9.06. The van der Waals surface area contributed by atoms with Crippen molar-refractivity contribution >= 4 is 28.3 Å². The Balaban J connectivity index is 1.34. The van der Waals surface area contributed by atoms with Gasteiger partial charge in [-0.15, -0.1) is 0 Å². The number of hydrogen-bond acceptors (Lipinski definition) is 7. The van der Waals surface area contributed by atoms with E-state index in [0.717, 1.165) is 78.7 Å². The molecule has 0 radical (unpaired) electrons. The van der Waals surface area contributed by atoms with Crippen molar-refractivity contribution in [2.24, 2.45) is 13.0 Å². The van der Waals surface area contributed by atoms with Crippen molar-refractivity contribution in [1.29, 1.82) is 0 Å². The summed E-state index contributed by atoms with van der Waals surface area (Å²) in [6.45, 7) is 1.47. The Hall–Kier alpha value is -3.04. The molecule has 1 unspecified atom stereocenters. The molecule has 3 aromatic heterocycles. The molecule has 4 heterocycles. The van der Waals surface area contributed by atoms with E-state index in [-0.39, 0.29) is 18.1 Å². The largest absolute Gasteiger partial charge is 0.373 e. The molecule has 0 spiro atoms. The van der Waals surface area contributed by atoms with Gasteiger partial charge in [0, 0.05) is 61.0 Å². The molecule has 0 aromatic carbocycles. The highest BCUT2D eigenvalue weighted by atomic mass is 16.7. The third kappa shape index (κ3) is 5.05. The van der Waals surface area contributed by atoms with E-state index in [1.807, 2.05) is 31.0 Å². The summed E-state index contributed by atoms with van der Waals surface area (Å²) in [4.78, 5) is 21.3. The monoisotopic (exact) mass is 464 g/mol. The lowest BCUT2D eigenvalue weighted by Gasteiger charge is -2.22. The van der Waals surface area contributed by atoms with Crippen LogP contribution in [-0.2, 0) is 27.7 Å². The van der Waals surface area contributed by atoms with Crippen molar-refractivity contribution in [3.05, 3.63) is 30.2 Å². The van der Waals surface area contributed by atoms with E-state index >= 15 is 0 Å². The van der Waals surface area contributed by atoms with E-state index in [2.05, 4.69) is 26.7 Å². The number of pyridine rings is 2. The first kappa shape index (κ1) is 22.7. The van der Waals surface area contributed by atoms with Crippen LogP contribution in [0.15, 0.2) is 24.5 Å². The molecule has 3 aromatic rings. The van der Waals surface area contributed by atoms with Crippen LogP contribution in [0, 0.1) is 5.92 Å². The number of amides is 1. The van der Waals surface area contributed by atoms with Crippen molar-refractivity contribution in [3.63, 3.8) is 0 Å². The maximum absolute atomic E-state index is 12.3. The molecule has 9 heteroatoms. The van der Waals surface area contributed by atoms with Crippen LogP contribution < -0.4 is 10.6 Å². The number of nitrogens with zero attached hydrogens (tertiary/aromatic N) is 4. The smallest absolute Gasteiger partial charge is 0.228 e. The van der Waals surface area contributed by atoms with Crippen molar-refractivity contribution < 1.29 is 14.3 Å². The van der Waals surface area contributed by atoms with E-state index in [9.17, 15) is 4.79 Å². The number of nitrogens with one attached hydrogen (secondary N) is 2. The lowest BCUT2D eigenvalue weighted by Crippen LogP contribution is -2.22. The predicted molar refractivity (Wildman–Crippen MR) is 131 cm³/mol. The third-order valence-electron chi connectivity index (χ3n) is 6.48. The van der Waals surface area contributed by atoms with Gasteiger partial charge in [-0.3, -0.25) is 9.48 Å². The number of fused-ring (bicyclic) bond motifs is 1. The number of hydrogen-bond donors (Lipinski definition) is 2. The maximum Gasteiger partial charge on any atom is 0.228 e. The number of aryl methyl sites for hydroxylation is 2. The number of carbonyl (C=O) groups excluding carboxylic acids is 1. The summed E-state index contributed by atoms with van der Waals surface area (Å²) in [6, 6.07) is 4.02. The number of carbonyl (C=O) groups is 1. The van der Waals surface area contributed by atoms with Gasteiger partial charge in [-0.25, -0.2) is 9.97 Å². The average molecular weight is 465 g/mol. The molecule has 2 aliphatic rings. The zero-order valence-corrected chi connectivity index (χ0v) is 19.8. The van der Waals surface area contributed by atoms with E-state index in [1.165, 1.54) is 6.42 Å². The van der Waals surface area contributed by atoms with Gasteiger partial charge in [-0.2, -0.15) is 5.10 Å². The fraction of sp³-hybridized carbons (Fsp3) is 0.520. The molecule has 180 valence electrons. The number of ether oxygens (including phenoxy) is 2. The topological polar surface area (TPSA) is 103 Å². The summed E-state index contributed by atoms with van der Waals surface area (Å²) in [5, 5.41) is 12.7. The standard InChI is InChI=1S/C25H32N6O3/c1-26-24-20-15-27-22(29-25(32)16-8-9-16)13-18(20)19(14-28-24)21-12-17(31(2)30-21)6-5-11-34-23-7-3-4-10-33-23/h12-16,23H,3-11H2,1-2H3,(H,26,28)(H,27,29,32). The van der Waals surface area contributed by atoms with Gasteiger partial charge in [0.2, 0.25) is 5.91 Å². The highest BCUT2D eigenvalue weighted by Gasteiger charge is 2.30. The third-order valence-corrected chi connectivity index (χ3v) is 6.48. The van der Waals surface area contributed by atoms with Crippen LogP contribution >= 0.6 is 0 Å². The van der Waals surface area contributed by atoms with Crippen molar-refractivity contribution in [2.75, 3.05) is 30.9 Å². The van der Waals surface area contributed by atoms with Gasteiger partial charge >= 0.3 is 0 Å². The summed E-state index contributed by atoms with van der Waals surface area (Å²) in [7, 11) is 3.80. The van der Waals surface area contributed by atoms with Gasteiger partial charge in [0.25, 0.3) is 0 Å². The Kier molecular flexibility index (Phi) is 6.73. The zero-order valence-electron chi connectivity index (χ0n) is 19.8. The zero-order chi connectivity index (χ0) is 23.5. The first-order chi connectivity index (χ1) is 16.6. The summed E-state index contributed by atoms with van der Waals surface area (Å²) < 4.78 is 13.4. The van der Waals surface area contributed by atoms with Crippen LogP contribution in [-0.4, -0.2) is 52.2 Å². The van der Waals surface area contributed by atoms with Crippen molar-refractivity contribution in [2.45, 2.75) is 51.2 Å². The van der Waals surface area contributed by atoms with E-state index in [1.54, 1.807) is 6.20 Å². The quantitative estimate of drug-likeness (QED) is 0.463. The fourth-order valence-electron chi connectivity index (χ4n) is 4.36. The Labute approximate surface area is 199 Å². The summed E-state index contributed by atoms with van der Waals surface area (Å²) in [5.74, 6) is 1.45. The summed E-state index contributed by atoms with van der Waals surface area (Å²) in [6.07, 6.45) is 10.5. The summed E-state index contributed by atoms with van der Waals surface area (Å²) >= 11 is 0. The van der Waals surface area contributed by atoms with Crippen LogP contribution in [0.5, 0.6) is 0 Å². The highest BCUT2D eigenvalue weighted by Crippen LogP contribution is 2.34.